The molecule has 0 spiro atoms. The van der Waals surface area contributed by atoms with Gasteiger partial charge in [-0.25, -0.2) is 4.98 Å². The van der Waals surface area contributed by atoms with E-state index in [9.17, 15) is 0 Å². The standard InChI is InChI=1S/C13H22ClN3/c1-5-15-7-11-6-12(14)13(16-8-11)17(4)9-10(2)3/h6,8,10,15H,5,7,9H2,1-4H3. The normalized spacial score (nSPS) is 10.9. The molecular weight excluding hydrogens is 234 g/mol. The van der Waals surface area contributed by atoms with Gasteiger partial charge in [-0.1, -0.05) is 32.4 Å². The largest absolute Gasteiger partial charge is 0.358 e. The Bertz CT molecular complexity index is 353. The van der Waals surface area contributed by atoms with Gasteiger partial charge in [0, 0.05) is 26.3 Å². The van der Waals surface area contributed by atoms with Crippen LogP contribution in [0, 0.1) is 5.92 Å². The van der Waals surface area contributed by atoms with E-state index < -0.39 is 0 Å². The molecule has 0 aliphatic carbocycles. The maximum Gasteiger partial charge on any atom is 0.147 e. The molecule has 0 fully saturated rings. The van der Waals surface area contributed by atoms with E-state index in [1.165, 1.54) is 0 Å². The Labute approximate surface area is 109 Å². The summed E-state index contributed by atoms with van der Waals surface area (Å²) in [6.07, 6.45) is 1.89. The SMILES string of the molecule is CCNCc1cnc(N(C)CC(C)C)c(Cl)c1. The molecular formula is C13H22ClN3. The molecule has 0 saturated carbocycles. The van der Waals surface area contributed by atoms with Crippen molar-refractivity contribution in [2.24, 2.45) is 5.92 Å². The van der Waals surface area contributed by atoms with E-state index in [4.69, 9.17) is 11.6 Å². The quantitative estimate of drug-likeness (QED) is 0.847. The van der Waals surface area contributed by atoms with Gasteiger partial charge in [0.2, 0.25) is 0 Å². The molecule has 0 saturated heterocycles. The average Bonchev–Trinajstić information content (AvgIpc) is 2.25. The number of nitrogens with zero attached hydrogens (tertiary/aromatic N) is 2. The van der Waals surface area contributed by atoms with Gasteiger partial charge in [0.25, 0.3) is 0 Å². The van der Waals surface area contributed by atoms with Gasteiger partial charge in [-0.05, 0) is 24.1 Å². The van der Waals surface area contributed by atoms with Gasteiger partial charge in [-0.2, -0.15) is 0 Å². The highest BCUT2D eigenvalue weighted by atomic mass is 35.5. The van der Waals surface area contributed by atoms with Crippen LogP contribution in [0.2, 0.25) is 5.02 Å². The molecule has 1 aromatic rings. The van der Waals surface area contributed by atoms with Crippen molar-refractivity contribution < 1.29 is 0 Å². The second-order valence-electron chi connectivity index (χ2n) is 4.70. The van der Waals surface area contributed by atoms with E-state index in [1.807, 2.05) is 19.3 Å². The van der Waals surface area contributed by atoms with Crippen LogP contribution in [0.25, 0.3) is 0 Å². The van der Waals surface area contributed by atoms with E-state index in [2.05, 4.69) is 36.0 Å². The Hall–Kier alpha value is -0.800. The Balaban J connectivity index is 2.74. The lowest BCUT2D eigenvalue weighted by atomic mass is 10.2. The number of pyridine rings is 1. The fraction of sp³-hybridized carbons (Fsp3) is 0.615. The molecule has 0 atom stereocenters. The zero-order valence-corrected chi connectivity index (χ0v) is 11.9. The summed E-state index contributed by atoms with van der Waals surface area (Å²) >= 11 is 6.25. The second kappa shape index (κ2) is 6.82. The van der Waals surface area contributed by atoms with Gasteiger partial charge < -0.3 is 10.2 Å². The fourth-order valence-electron chi connectivity index (χ4n) is 1.75. The Morgan fingerprint density at radius 3 is 2.71 bits per heavy atom. The summed E-state index contributed by atoms with van der Waals surface area (Å²) in [7, 11) is 2.03. The third-order valence-corrected chi connectivity index (χ3v) is 2.74. The molecule has 96 valence electrons. The van der Waals surface area contributed by atoms with Gasteiger partial charge in [0.15, 0.2) is 0 Å². The van der Waals surface area contributed by atoms with E-state index in [1.54, 1.807) is 0 Å². The van der Waals surface area contributed by atoms with Crippen molar-refractivity contribution in [1.82, 2.24) is 10.3 Å². The van der Waals surface area contributed by atoms with Gasteiger partial charge >= 0.3 is 0 Å². The molecule has 1 heterocycles. The van der Waals surface area contributed by atoms with E-state index in [-0.39, 0.29) is 0 Å². The molecule has 4 heteroatoms. The van der Waals surface area contributed by atoms with Crippen LogP contribution in [-0.4, -0.2) is 25.1 Å². The summed E-state index contributed by atoms with van der Waals surface area (Å²) in [6, 6.07) is 1.99. The summed E-state index contributed by atoms with van der Waals surface area (Å²) in [4.78, 5) is 6.54. The molecule has 0 amide bonds. The number of hydrogen-bond donors (Lipinski definition) is 1. The highest BCUT2D eigenvalue weighted by Crippen LogP contribution is 2.23. The molecule has 0 aromatic carbocycles. The molecule has 17 heavy (non-hydrogen) atoms. The highest BCUT2D eigenvalue weighted by molar-refractivity contribution is 6.33. The Kier molecular flexibility index (Phi) is 5.72. The Morgan fingerprint density at radius 2 is 2.18 bits per heavy atom. The minimum absolute atomic E-state index is 0.597. The minimum atomic E-state index is 0.597. The van der Waals surface area contributed by atoms with Crippen molar-refractivity contribution in [3.8, 4) is 0 Å². The molecule has 3 nitrogen and oxygen atoms in total. The van der Waals surface area contributed by atoms with Gasteiger partial charge in [-0.3, -0.25) is 0 Å². The van der Waals surface area contributed by atoms with Crippen LogP contribution in [0.1, 0.15) is 26.3 Å². The average molecular weight is 256 g/mol. The highest BCUT2D eigenvalue weighted by Gasteiger charge is 2.09. The maximum atomic E-state index is 6.25. The van der Waals surface area contributed by atoms with Crippen LogP contribution < -0.4 is 10.2 Å². The van der Waals surface area contributed by atoms with Crippen LogP contribution in [0.3, 0.4) is 0 Å². The summed E-state index contributed by atoms with van der Waals surface area (Å²) in [5, 5.41) is 3.99. The fourth-order valence-corrected chi connectivity index (χ4v) is 2.08. The molecule has 0 bridgehead atoms. The second-order valence-corrected chi connectivity index (χ2v) is 5.11. The van der Waals surface area contributed by atoms with Crippen molar-refractivity contribution in [3.63, 3.8) is 0 Å². The zero-order chi connectivity index (χ0) is 12.8. The van der Waals surface area contributed by atoms with E-state index in [0.29, 0.717) is 5.92 Å². The molecule has 1 rings (SSSR count). The number of rotatable bonds is 6. The molecule has 1 aromatic heterocycles. The van der Waals surface area contributed by atoms with Crippen LogP contribution in [0.5, 0.6) is 0 Å². The van der Waals surface area contributed by atoms with Crippen LogP contribution in [-0.2, 0) is 6.54 Å². The van der Waals surface area contributed by atoms with Crippen molar-refractivity contribution in [3.05, 3.63) is 22.8 Å². The number of halogens is 1. The first-order valence-electron chi connectivity index (χ1n) is 6.10. The maximum absolute atomic E-state index is 6.25. The zero-order valence-electron chi connectivity index (χ0n) is 11.1. The third-order valence-electron chi connectivity index (χ3n) is 2.46. The number of aromatic nitrogens is 1. The lowest BCUT2D eigenvalue weighted by molar-refractivity contribution is 0.634. The summed E-state index contributed by atoms with van der Waals surface area (Å²) in [6.45, 7) is 9.18. The van der Waals surface area contributed by atoms with E-state index >= 15 is 0 Å². The van der Waals surface area contributed by atoms with Crippen molar-refractivity contribution in [2.45, 2.75) is 27.3 Å². The first-order chi connectivity index (χ1) is 8.04. The molecule has 0 radical (unpaired) electrons. The van der Waals surface area contributed by atoms with E-state index in [0.717, 1.165) is 36.0 Å². The van der Waals surface area contributed by atoms with Crippen molar-refractivity contribution in [1.29, 1.82) is 0 Å². The third kappa shape index (κ3) is 4.52. The predicted molar refractivity (Wildman–Crippen MR) is 74.7 cm³/mol. The topological polar surface area (TPSA) is 28.2 Å². The molecule has 0 aliphatic heterocycles. The van der Waals surface area contributed by atoms with Gasteiger partial charge in [-0.15, -0.1) is 0 Å². The lowest BCUT2D eigenvalue weighted by Crippen LogP contribution is -2.24. The van der Waals surface area contributed by atoms with Crippen LogP contribution in [0.15, 0.2) is 12.3 Å². The summed E-state index contributed by atoms with van der Waals surface area (Å²) in [5.74, 6) is 1.46. The summed E-state index contributed by atoms with van der Waals surface area (Å²) < 4.78 is 0. The first kappa shape index (κ1) is 14.3. The first-order valence-corrected chi connectivity index (χ1v) is 6.48. The number of hydrogen-bond acceptors (Lipinski definition) is 3. The van der Waals surface area contributed by atoms with Crippen molar-refractivity contribution >= 4 is 17.4 Å². The number of anilines is 1. The van der Waals surface area contributed by atoms with Crippen LogP contribution in [0.4, 0.5) is 5.82 Å². The predicted octanol–water partition coefficient (Wildman–Crippen LogP) is 2.94. The minimum Gasteiger partial charge on any atom is -0.358 e. The summed E-state index contributed by atoms with van der Waals surface area (Å²) in [5.41, 5.74) is 1.12. The van der Waals surface area contributed by atoms with Gasteiger partial charge in [0.05, 0.1) is 5.02 Å². The number of nitrogens with one attached hydrogen (secondary N) is 1. The smallest absolute Gasteiger partial charge is 0.147 e. The molecule has 1 N–H and O–H groups in total. The Morgan fingerprint density at radius 1 is 1.47 bits per heavy atom. The molecule has 0 unspecified atom stereocenters. The van der Waals surface area contributed by atoms with Crippen molar-refractivity contribution in [2.75, 3.05) is 25.0 Å². The monoisotopic (exact) mass is 255 g/mol. The van der Waals surface area contributed by atoms with Gasteiger partial charge in [0.1, 0.15) is 5.82 Å². The van der Waals surface area contributed by atoms with Crippen LogP contribution >= 0.6 is 11.6 Å². The lowest BCUT2D eigenvalue weighted by Gasteiger charge is -2.21. The molecule has 0 aliphatic rings.